The zero-order valence-electron chi connectivity index (χ0n) is 27.5. The van der Waals surface area contributed by atoms with Gasteiger partial charge in [-0.1, -0.05) is 61.1 Å². The van der Waals surface area contributed by atoms with Crippen molar-refractivity contribution in [2.45, 2.75) is 108 Å². The lowest BCUT2D eigenvalue weighted by molar-refractivity contribution is -0.384. The first kappa shape index (κ1) is 35.4. The van der Waals surface area contributed by atoms with Crippen molar-refractivity contribution in [2.75, 3.05) is 6.61 Å². The summed E-state index contributed by atoms with van der Waals surface area (Å²) in [4.78, 5) is 36.7. The highest BCUT2D eigenvalue weighted by Gasteiger charge is 2.49. The number of carbonyl (C=O) groups is 2. The minimum atomic E-state index is -1.14. The number of aliphatic hydroxyl groups excluding tert-OH is 1. The molecule has 0 spiro atoms. The summed E-state index contributed by atoms with van der Waals surface area (Å²) in [6.07, 6.45) is 12.4. The number of benzene rings is 1. The van der Waals surface area contributed by atoms with Gasteiger partial charge >= 0.3 is 11.9 Å². The molecule has 1 N–H and O–H groups in total. The second kappa shape index (κ2) is 16.5. The summed E-state index contributed by atoms with van der Waals surface area (Å²) in [5.74, 6) is -0.994. The average Bonchev–Trinajstić information content (AvgIpc) is 3.82. The van der Waals surface area contributed by atoms with E-state index >= 15 is 0 Å². The molecular weight excluding hydrogens is 618 g/mol. The number of epoxide rings is 1. The van der Waals surface area contributed by atoms with Gasteiger partial charge in [0.05, 0.1) is 41.5 Å². The Labute approximate surface area is 281 Å². The Balaban J connectivity index is 1.35. The highest BCUT2D eigenvalue weighted by Crippen LogP contribution is 2.37. The largest absolute Gasteiger partial charge is 0.456 e. The van der Waals surface area contributed by atoms with Crippen LogP contribution < -0.4 is 0 Å². The van der Waals surface area contributed by atoms with Crippen LogP contribution in [0, 0.1) is 16.0 Å². The molecule has 48 heavy (non-hydrogen) atoms. The summed E-state index contributed by atoms with van der Waals surface area (Å²) >= 11 is 0. The summed E-state index contributed by atoms with van der Waals surface area (Å²) in [5, 5.41) is 22.3. The highest BCUT2D eigenvalue weighted by molar-refractivity contribution is 5.89. The molecule has 11 heteroatoms. The first-order chi connectivity index (χ1) is 23.0. The third-order valence-electron chi connectivity index (χ3n) is 8.99. The van der Waals surface area contributed by atoms with E-state index in [2.05, 4.69) is 19.6 Å². The molecule has 0 amide bonds. The summed E-state index contributed by atoms with van der Waals surface area (Å²) in [7, 11) is 0. The lowest BCUT2D eigenvalue weighted by Gasteiger charge is -2.28. The normalized spacial score (nSPS) is 32.9. The Hall–Kier alpha value is -3.90. The molecule has 1 aromatic rings. The number of hydrogen-bond acceptors (Lipinski definition) is 10. The number of nitro groups is 1. The number of cyclic esters (lactones) is 1. The molecule has 2 bridgehead atoms. The van der Waals surface area contributed by atoms with Crippen LogP contribution in [-0.2, 0) is 28.5 Å². The van der Waals surface area contributed by atoms with Gasteiger partial charge in [0.2, 0.25) is 0 Å². The Morgan fingerprint density at radius 2 is 1.92 bits per heavy atom. The number of esters is 2. The van der Waals surface area contributed by atoms with E-state index in [0.29, 0.717) is 32.3 Å². The smallest absolute Gasteiger partial charge is 0.338 e. The van der Waals surface area contributed by atoms with Crippen molar-refractivity contribution in [3.05, 3.63) is 100 Å². The van der Waals surface area contributed by atoms with E-state index in [1.165, 1.54) is 35.9 Å². The summed E-state index contributed by atoms with van der Waals surface area (Å²) < 4.78 is 29.8. The molecule has 11 nitrogen and oxygen atoms in total. The Bertz CT molecular complexity index is 1450. The minimum Gasteiger partial charge on any atom is -0.456 e. The molecule has 0 saturated carbocycles. The van der Waals surface area contributed by atoms with Gasteiger partial charge in [0.25, 0.3) is 5.69 Å². The van der Waals surface area contributed by atoms with Crippen molar-refractivity contribution in [3.8, 4) is 0 Å². The zero-order chi connectivity index (χ0) is 34.2. The van der Waals surface area contributed by atoms with Crippen LogP contribution in [-0.4, -0.2) is 77.4 Å². The van der Waals surface area contributed by atoms with Crippen LogP contribution in [0.1, 0.15) is 69.2 Å². The zero-order valence-corrected chi connectivity index (χ0v) is 27.5. The van der Waals surface area contributed by atoms with Crippen LogP contribution >= 0.6 is 0 Å². The number of hydrogen-bond donors (Lipinski definition) is 1. The molecule has 1 saturated heterocycles. The standard InChI is InChI=1S/C37H45NO10/c1-23-16-17-44-29(19-23)14-15-31(39)32-22-34-36(47-34)33(48-37(41)26-10-12-27(13-11-26)38(42)43)21-25(3)18-24(2)20-30-8-4-6-28(45-30)7-5-9-35(40)46-32/h4-6,9-16,24,28-34,36,39H,3,7-8,17-22H2,1-2H3/b9-5-,15-14+/t24-,28-,29+,30-,31-,32-,33?,34-,36-/m0/s1. The van der Waals surface area contributed by atoms with E-state index in [-0.39, 0.29) is 41.9 Å². The fourth-order valence-electron chi connectivity index (χ4n) is 6.46. The number of nitro benzene ring substituents is 1. The third kappa shape index (κ3) is 10.3. The summed E-state index contributed by atoms with van der Waals surface area (Å²) in [5.41, 5.74) is 2.11. The lowest BCUT2D eigenvalue weighted by atomic mass is 9.90. The number of nitrogens with zero attached hydrogens (tertiary/aromatic N) is 1. The van der Waals surface area contributed by atoms with Gasteiger partial charge in [-0.05, 0) is 57.1 Å². The van der Waals surface area contributed by atoms with E-state index in [4.69, 9.17) is 23.7 Å². The number of ether oxygens (including phenoxy) is 5. The molecule has 0 radical (unpaired) electrons. The van der Waals surface area contributed by atoms with Crippen molar-refractivity contribution >= 4 is 17.6 Å². The quantitative estimate of drug-likeness (QED) is 0.129. The van der Waals surface area contributed by atoms with Gasteiger partial charge in [-0.25, -0.2) is 9.59 Å². The molecule has 1 aromatic carbocycles. The maximum absolute atomic E-state index is 13.2. The molecule has 4 aliphatic rings. The van der Waals surface area contributed by atoms with E-state index in [1.807, 2.05) is 19.1 Å². The average molecular weight is 664 g/mol. The van der Waals surface area contributed by atoms with Crippen LogP contribution in [0.5, 0.6) is 0 Å². The number of rotatable bonds is 6. The second-order valence-corrected chi connectivity index (χ2v) is 13.2. The SMILES string of the molecule is C=C1CC(OC(=O)c2ccc([N+](=O)[O-])cc2)[C@@H]2O[C@H]2C[C@@H]([C@@H](O)/C=C/[C@@H]2CC(C)=CCO2)OC(=O)/C=C\C[C@@H]2C=CC[C@@H](C[C@@H](C)C1)O2. The summed E-state index contributed by atoms with van der Waals surface area (Å²) in [6, 6.07) is 5.22. The molecule has 0 aliphatic carbocycles. The van der Waals surface area contributed by atoms with Crippen LogP contribution in [0.15, 0.2) is 84.5 Å². The first-order valence-corrected chi connectivity index (χ1v) is 16.6. The van der Waals surface area contributed by atoms with Gasteiger partial charge in [-0.2, -0.15) is 0 Å². The van der Waals surface area contributed by atoms with E-state index < -0.39 is 47.4 Å². The fraction of sp³-hybridized carbons (Fsp3) is 0.514. The second-order valence-electron chi connectivity index (χ2n) is 13.2. The predicted molar refractivity (Wildman–Crippen MR) is 177 cm³/mol. The monoisotopic (exact) mass is 663 g/mol. The fourth-order valence-corrected chi connectivity index (χ4v) is 6.46. The third-order valence-corrected chi connectivity index (χ3v) is 8.99. The van der Waals surface area contributed by atoms with Gasteiger partial charge in [-0.15, -0.1) is 0 Å². The minimum absolute atomic E-state index is 0.0210. The Morgan fingerprint density at radius 3 is 2.67 bits per heavy atom. The molecule has 5 rings (SSSR count). The van der Waals surface area contributed by atoms with E-state index in [9.17, 15) is 24.8 Å². The van der Waals surface area contributed by atoms with Gasteiger partial charge in [0, 0.05) is 31.1 Å². The Kier molecular flexibility index (Phi) is 12.2. The number of aliphatic hydroxyl groups is 1. The van der Waals surface area contributed by atoms with E-state index in [0.717, 1.165) is 18.4 Å². The van der Waals surface area contributed by atoms with E-state index in [1.54, 1.807) is 18.2 Å². The van der Waals surface area contributed by atoms with Gasteiger partial charge in [-0.3, -0.25) is 10.1 Å². The molecule has 1 unspecified atom stereocenters. The lowest BCUT2D eigenvalue weighted by Crippen LogP contribution is -2.33. The van der Waals surface area contributed by atoms with Crippen LogP contribution in [0.2, 0.25) is 0 Å². The van der Waals surface area contributed by atoms with Crippen LogP contribution in [0.4, 0.5) is 5.69 Å². The van der Waals surface area contributed by atoms with Crippen molar-refractivity contribution in [2.24, 2.45) is 5.92 Å². The summed E-state index contributed by atoms with van der Waals surface area (Å²) in [6.45, 7) is 8.95. The van der Waals surface area contributed by atoms with Gasteiger partial charge in [0.15, 0.2) is 0 Å². The number of non-ortho nitro benzene ring substituents is 1. The van der Waals surface area contributed by atoms with Crippen molar-refractivity contribution in [1.29, 1.82) is 0 Å². The van der Waals surface area contributed by atoms with Gasteiger partial charge < -0.3 is 28.8 Å². The van der Waals surface area contributed by atoms with Gasteiger partial charge in [0.1, 0.15) is 24.4 Å². The van der Waals surface area contributed by atoms with Crippen molar-refractivity contribution < 1.29 is 43.3 Å². The highest BCUT2D eigenvalue weighted by atomic mass is 16.6. The molecule has 9 atom stereocenters. The van der Waals surface area contributed by atoms with Crippen LogP contribution in [0.3, 0.4) is 0 Å². The molecule has 4 aliphatic heterocycles. The molecular formula is C37H45NO10. The predicted octanol–water partition coefficient (Wildman–Crippen LogP) is 5.88. The number of fused-ring (bicyclic) bond motifs is 3. The molecule has 0 aromatic heterocycles. The Morgan fingerprint density at radius 1 is 1.12 bits per heavy atom. The molecule has 1 fully saturated rings. The number of carbonyl (C=O) groups excluding carboxylic acids is 2. The van der Waals surface area contributed by atoms with Crippen molar-refractivity contribution in [1.82, 2.24) is 0 Å². The molecule has 4 heterocycles. The first-order valence-electron chi connectivity index (χ1n) is 16.6. The van der Waals surface area contributed by atoms with Crippen LogP contribution in [0.25, 0.3) is 0 Å². The topological polar surface area (TPSA) is 147 Å². The van der Waals surface area contributed by atoms with Crippen molar-refractivity contribution in [3.63, 3.8) is 0 Å². The molecule has 258 valence electrons. The maximum Gasteiger partial charge on any atom is 0.338 e. The maximum atomic E-state index is 13.2.